The largest absolute Gasteiger partial charge is 0.494 e. The van der Waals surface area contributed by atoms with Crippen LogP contribution in [0.1, 0.15) is 41.0 Å². The summed E-state index contributed by atoms with van der Waals surface area (Å²) in [5.41, 5.74) is 1.96. The highest BCUT2D eigenvalue weighted by atomic mass is 19.1. The van der Waals surface area contributed by atoms with Gasteiger partial charge in [0.05, 0.1) is 18.3 Å². The number of amides is 1. The van der Waals surface area contributed by atoms with Crippen molar-refractivity contribution >= 4 is 5.91 Å². The summed E-state index contributed by atoms with van der Waals surface area (Å²) in [5, 5.41) is 7.08. The molecule has 1 aromatic heterocycles. The van der Waals surface area contributed by atoms with Crippen LogP contribution >= 0.6 is 0 Å². The maximum atomic E-state index is 13.1. The number of nitrogens with one attached hydrogen (secondary N) is 1. The summed E-state index contributed by atoms with van der Waals surface area (Å²) in [5.74, 6) is -0.0801. The average Bonchev–Trinajstić information content (AvgIpc) is 3.13. The second-order valence-corrected chi connectivity index (χ2v) is 6.77. The Hall–Kier alpha value is -3.48. The molecule has 0 bridgehead atoms. The highest BCUT2D eigenvalue weighted by Gasteiger charge is 2.28. The maximum absolute atomic E-state index is 13.1. The first-order valence-electron chi connectivity index (χ1n) is 9.48. The number of benzene rings is 2. The molecule has 1 aliphatic rings. The lowest BCUT2D eigenvalue weighted by Crippen LogP contribution is -2.33. The highest BCUT2D eigenvalue weighted by Crippen LogP contribution is 2.37. The van der Waals surface area contributed by atoms with Gasteiger partial charge >= 0.3 is 0 Å². The Morgan fingerprint density at radius 1 is 1.24 bits per heavy atom. The van der Waals surface area contributed by atoms with E-state index in [1.165, 1.54) is 41.2 Å². The van der Waals surface area contributed by atoms with Crippen LogP contribution in [0.25, 0.3) is 5.69 Å². The van der Waals surface area contributed by atoms with Gasteiger partial charge in [-0.1, -0.05) is 12.1 Å². The summed E-state index contributed by atoms with van der Waals surface area (Å²) >= 11 is 0. The molecule has 0 spiro atoms. The smallest absolute Gasteiger partial charge is 0.276 e. The summed E-state index contributed by atoms with van der Waals surface area (Å²) in [4.78, 5) is 25.0. The van der Waals surface area contributed by atoms with Crippen molar-refractivity contribution in [3.05, 3.63) is 87.6 Å². The van der Waals surface area contributed by atoms with Crippen LogP contribution in [0.2, 0.25) is 0 Å². The zero-order chi connectivity index (χ0) is 20.4. The van der Waals surface area contributed by atoms with E-state index in [4.69, 9.17) is 4.74 Å². The van der Waals surface area contributed by atoms with Gasteiger partial charge in [0.1, 0.15) is 11.6 Å². The van der Waals surface area contributed by atoms with Crippen LogP contribution in [-0.4, -0.2) is 22.3 Å². The Kier molecular flexibility index (Phi) is 5.12. The molecule has 7 heteroatoms. The molecule has 6 nitrogen and oxygen atoms in total. The second kappa shape index (κ2) is 7.87. The molecule has 148 valence electrons. The predicted molar refractivity (Wildman–Crippen MR) is 106 cm³/mol. The number of hydrogen-bond acceptors (Lipinski definition) is 4. The molecule has 29 heavy (non-hydrogen) atoms. The molecule has 0 fully saturated rings. The SMILES string of the molecule is CCOc1cccc2c1CC[C@@H]2NC(=O)c1nn(-c2ccc(F)cc2)ccc1=O. The van der Waals surface area contributed by atoms with Gasteiger partial charge in [-0.3, -0.25) is 9.59 Å². The fourth-order valence-electron chi connectivity index (χ4n) is 3.59. The molecule has 1 heterocycles. The normalized spacial score (nSPS) is 15.0. The van der Waals surface area contributed by atoms with Gasteiger partial charge in [-0.05, 0) is 61.2 Å². The Morgan fingerprint density at radius 3 is 2.79 bits per heavy atom. The van der Waals surface area contributed by atoms with Gasteiger partial charge in [0.2, 0.25) is 5.43 Å². The van der Waals surface area contributed by atoms with Crippen LogP contribution in [0.3, 0.4) is 0 Å². The van der Waals surface area contributed by atoms with Crippen molar-refractivity contribution < 1.29 is 13.9 Å². The first kappa shape index (κ1) is 18.9. The van der Waals surface area contributed by atoms with E-state index in [0.717, 1.165) is 29.7 Å². The van der Waals surface area contributed by atoms with E-state index in [1.807, 2.05) is 25.1 Å². The zero-order valence-electron chi connectivity index (χ0n) is 15.9. The van der Waals surface area contributed by atoms with Crippen molar-refractivity contribution in [1.82, 2.24) is 15.1 Å². The molecule has 0 saturated carbocycles. The van der Waals surface area contributed by atoms with Crippen molar-refractivity contribution in [2.45, 2.75) is 25.8 Å². The van der Waals surface area contributed by atoms with Crippen LogP contribution in [0, 0.1) is 5.82 Å². The molecule has 4 rings (SSSR count). The van der Waals surface area contributed by atoms with Crippen molar-refractivity contribution in [3.8, 4) is 11.4 Å². The third-order valence-corrected chi connectivity index (χ3v) is 4.95. The Morgan fingerprint density at radius 2 is 2.03 bits per heavy atom. The third-order valence-electron chi connectivity index (χ3n) is 4.95. The van der Waals surface area contributed by atoms with Gasteiger partial charge in [-0.25, -0.2) is 9.07 Å². The fraction of sp³-hybridized carbons (Fsp3) is 0.227. The van der Waals surface area contributed by atoms with Crippen molar-refractivity contribution in [1.29, 1.82) is 0 Å². The van der Waals surface area contributed by atoms with Gasteiger partial charge in [0.25, 0.3) is 5.91 Å². The minimum absolute atomic E-state index is 0.203. The first-order valence-corrected chi connectivity index (χ1v) is 9.48. The predicted octanol–water partition coefficient (Wildman–Crippen LogP) is 3.19. The van der Waals surface area contributed by atoms with E-state index in [-0.39, 0.29) is 17.6 Å². The molecule has 0 aliphatic heterocycles. The molecule has 1 atom stereocenters. The molecule has 3 aromatic rings. The van der Waals surface area contributed by atoms with Crippen molar-refractivity contribution in [3.63, 3.8) is 0 Å². The number of fused-ring (bicyclic) bond motifs is 1. The molecule has 2 aromatic carbocycles. The summed E-state index contributed by atoms with van der Waals surface area (Å²) in [7, 11) is 0. The van der Waals surface area contributed by atoms with Gasteiger partial charge in [0, 0.05) is 12.3 Å². The first-order chi connectivity index (χ1) is 14.1. The Labute approximate surface area is 166 Å². The molecule has 0 saturated heterocycles. The lowest BCUT2D eigenvalue weighted by atomic mass is 10.1. The molecular weight excluding hydrogens is 373 g/mol. The zero-order valence-corrected chi connectivity index (χ0v) is 15.9. The summed E-state index contributed by atoms with van der Waals surface area (Å²) in [6.45, 7) is 2.51. The third kappa shape index (κ3) is 3.76. The highest BCUT2D eigenvalue weighted by molar-refractivity contribution is 5.92. The molecule has 1 amide bonds. The van der Waals surface area contributed by atoms with E-state index < -0.39 is 11.3 Å². The lowest BCUT2D eigenvalue weighted by Gasteiger charge is -2.15. The van der Waals surface area contributed by atoms with Crippen LogP contribution in [0.15, 0.2) is 59.5 Å². The van der Waals surface area contributed by atoms with E-state index in [2.05, 4.69) is 10.4 Å². The standard InChI is InChI=1S/C22H20FN3O3/c1-2-29-20-5-3-4-16-17(20)10-11-18(16)24-22(28)21-19(27)12-13-26(25-21)15-8-6-14(23)7-9-15/h3-9,12-13,18H,2,10-11H2,1H3,(H,24,28)/t18-/m0/s1. The fourth-order valence-corrected chi connectivity index (χ4v) is 3.59. The molecule has 1 aliphatic carbocycles. The number of aromatic nitrogens is 2. The number of halogens is 1. The topological polar surface area (TPSA) is 73.2 Å². The van der Waals surface area contributed by atoms with Crippen LogP contribution in [0.5, 0.6) is 5.75 Å². The number of carbonyl (C=O) groups excluding carboxylic acids is 1. The number of ether oxygens (including phenoxy) is 1. The van der Waals surface area contributed by atoms with E-state index in [0.29, 0.717) is 12.3 Å². The number of carbonyl (C=O) groups is 1. The van der Waals surface area contributed by atoms with Crippen molar-refractivity contribution in [2.75, 3.05) is 6.61 Å². The lowest BCUT2D eigenvalue weighted by molar-refractivity contribution is 0.0928. The molecule has 0 unspecified atom stereocenters. The number of rotatable bonds is 5. The van der Waals surface area contributed by atoms with E-state index >= 15 is 0 Å². The number of nitrogens with zero attached hydrogens (tertiary/aromatic N) is 2. The van der Waals surface area contributed by atoms with Crippen LogP contribution < -0.4 is 15.5 Å². The van der Waals surface area contributed by atoms with Crippen molar-refractivity contribution in [2.24, 2.45) is 0 Å². The van der Waals surface area contributed by atoms with E-state index in [1.54, 1.807) is 0 Å². The Bertz CT molecular complexity index is 1110. The Balaban J connectivity index is 1.59. The minimum Gasteiger partial charge on any atom is -0.494 e. The van der Waals surface area contributed by atoms with Gasteiger partial charge < -0.3 is 10.1 Å². The minimum atomic E-state index is -0.536. The molecule has 0 radical (unpaired) electrons. The summed E-state index contributed by atoms with van der Waals surface area (Å²) in [6, 6.07) is 12.5. The van der Waals surface area contributed by atoms with Gasteiger partial charge in [0.15, 0.2) is 5.69 Å². The monoisotopic (exact) mass is 393 g/mol. The summed E-state index contributed by atoms with van der Waals surface area (Å²) in [6.07, 6.45) is 2.97. The van der Waals surface area contributed by atoms with E-state index in [9.17, 15) is 14.0 Å². The average molecular weight is 393 g/mol. The number of hydrogen-bond donors (Lipinski definition) is 1. The van der Waals surface area contributed by atoms with Gasteiger partial charge in [-0.2, -0.15) is 5.10 Å². The van der Waals surface area contributed by atoms with Crippen LogP contribution in [0.4, 0.5) is 4.39 Å². The molecule has 1 N–H and O–H groups in total. The van der Waals surface area contributed by atoms with Crippen LogP contribution in [-0.2, 0) is 6.42 Å². The quantitative estimate of drug-likeness (QED) is 0.723. The second-order valence-electron chi connectivity index (χ2n) is 6.77. The maximum Gasteiger partial charge on any atom is 0.276 e. The summed E-state index contributed by atoms with van der Waals surface area (Å²) < 4.78 is 20.2. The molecular formula is C22H20FN3O3. The van der Waals surface area contributed by atoms with Gasteiger partial charge in [-0.15, -0.1) is 0 Å².